The molecule has 1 aliphatic carbocycles. The molecule has 3 heteroatoms. The highest BCUT2D eigenvalue weighted by atomic mass is 16.5. The summed E-state index contributed by atoms with van der Waals surface area (Å²) < 4.78 is 6.04. The molecule has 1 N–H and O–H groups in total. The number of ether oxygens (including phenoxy) is 1. The maximum Gasteiger partial charge on any atom is 0.123 e. The number of nitriles is 1. The van der Waals surface area contributed by atoms with Crippen LogP contribution in [0, 0.1) is 11.3 Å². The van der Waals surface area contributed by atoms with E-state index in [1.165, 1.54) is 11.1 Å². The van der Waals surface area contributed by atoms with Crippen LogP contribution in [0.2, 0.25) is 0 Å². The first-order chi connectivity index (χ1) is 9.46. The third kappa shape index (κ3) is 3.13. The summed E-state index contributed by atoms with van der Waals surface area (Å²) in [6, 6.07) is 6.42. The van der Waals surface area contributed by atoms with Gasteiger partial charge in [-0.2, -0.15) is 5.26 Å². The van der Waals surface area contributed by atoms with Crippen molar-refractivity contribution in [3.63, 3.8) is 0 Å². The van der Waals surface area contributed by atoms with E-state index in [9.17, 15) is 5.11 Å². The molecular formula is C17H23NO2. The van der Waals surface area contributed by atoms with Crippen molar-refractivity contribution >= 4 is 0 Å². The summed E-state index contributed by atoms with van der Waals surface area (Å²) in [5.41, 5.74) is 3.40. The second-order valence-corrected chi connectivity index (χ2v) is 6.40. The van der Waals surface area contributed by atoms with Gasteiger partial charge in [0.25, 0.3) is 0 Å². The molecule has 0 fully saturated rings. The fourth-order valence-electron chi connectivity index (χ4n) is 3.00. The van der Waals surface area contributed by atoms with Gasteiger partial charge in [-0.15, -0.1) is 0 Å². The molecule has 0 saturated heterocycles. The molecule has 1 aromatic carbocycles. The number of aryl methyl sites for hydroxylation is 1. The lowest BCUT2D eigenvalue weighted by atomic mass is 9.91. The normalized spacial score (nSPS) is 17.6. The zero-order chi connectivity index (χ0) is 14.8. The minimum Gasteiger partial charge on any atom is -0.488 e. The molecule has 0 bridgehead atoms. The first-order valence-electron chi connectivity index (χ1n) is 7.27. The molecule has 0 saturated carbocycles. The van der Waals surface area contributed by atoms with Crippen molar-refractivity contribution in [2.24, 2.45) is 0 Å². The predicted molar refractivity (Wildman–Crippen MR) is 78.9 cm³/mol. The lowest BCUT2D eigenvalue weighted by molar-refractivity contribution is 0.128. The van der Waals surface area contributed by atoms with Gasteiger partial charge in [0.1, 0.15) is 11.4 Å². The average molecular weight is 273 g/mol. The summed E-state index contributed by atoms with van der Waals surface area (Å²) in [4.78, 5) is 0. The Morgan fingerprint density at radius 2 is 2.15 bits per heavy atom. The Morgan fingerprint density at radius 3 is 2.75 bits per heavy atom. The summed E-state index contributed by atoms with van der Waals surface area (Å²) in [6.45, 7) is 6.18. The van der Waals surface area contributed by atoms with Gasteiger partial charge in [0.05, 0.1) is 6.07 Å². The molecule has 1 unspecified atom stereocenters. The van der Waals surface area contributed by atoms with Gasteiger partial charge >= 0.3 is 0 Å². The molecule has 2 rings (SSSR count). The van der Waals surface area contributed by atoms with Crippen LogP contribution in [0.5, 0.6) is 5.75 Å². The molecule has 1 atom stereocenters. The summed E-state index contributed by atoms with van der Waals surface area (Å²) in [5.74, 6) is 1.15. The van der Waals surface area contributed by atoms with Gasteiger partial charge in [0, 0.05) is 18.6 Å². The monoisotopic (exact) mass is 273 g/mol. The predicted octanol–water partition coefficient (Wildman–Crippen LogP) is 3.34. The van der Waals surface area contributed by atoms with Crippen molar-refractivity contribution in [2.75, 3.05) is 6.61 Å². The van der Waals surface area contributed by atoms with Crippen LogP contribution in [0.3, 0.4) is 0 Å². The Balaban J connectivity index is 2.45. The van der Waals surface area contributed by atoms with E-state index < -0.39 is 0 Å². The lowest BCUT2D eigenvalue weighted by Crippen LogP contribution is -2.24. The fourth-order valence-corrected chi connectivity index (χ4v) is 3.00. The molecule has 0 heterocycles. The van der Waals surface area contributed by atoms with E-state index in [2.05, 4.69) is 12.1 Å². The van der Waals surface area contributed by atoms with Crippen LogP contribution in [0.25, 0.3) is 0 Å². The van der Waals surface area contributed by atoms with E-state index in [1.807, 2.05) is 26.8 Å². The third-order valence-corrected chi connectivity index (χ3v) is 3.69. The van der Waals surface area contributed by atoms with Crippen molar-refractivity contribution in [3.8, 4) is 11.8 Å². The molecule has 0 aliphatic heterocycles. The van der Waals surface area contributed by atoms with Crippen LogP contribution < -0.4 is 4.74 Å². The van der Waals surface area contributed by atoms with Crippen LogP contribution >= 0.6 is 0 Å². The molecule has 0 spiro atoms. The molecule has 1 aliphatic rings. The highest BCUT2D eigenvalue weighted by Crippen LogP contribution is 2.42. The Bertz CT molecular complexity index is 523. The number of aliphatic hydroxyl groups is 1. The third-order valence-electron chi connectivity index (χ3n) is 3.69. The summed E-state index contributed by atoms with van der Waals surface area (Å²) in [6.07, 6.45) is 3.19. The molecule has 0 amide bonds. The molecule has 20 heavy (non-hydrogen) atoms. The first kappa shape index (κ1) is 14.9. The van der Waals surface area contributed by atoms with Crippen molar-refractivity contribution in [3.05, 3.63) is 28.8 Å². The van der Waals surface area contributed by atoms with E-state index in [-0.39, 0.29) is 12.2 Å². The highest BCUT2D eigenvalue weighted by molar-refractivity contribution is 5.50. The second kappa shape index (κ2) is 5.85. The first-order valence-corrected chi connectivity index (χ1v) is 7.27. The largest absolute Gasteiger partial charge is 0.488 e. The molecule has 0 radical (unpaired) electrons. The maximum absolute atomic E-state index is 9.37. The van der Waals surface area contributed by atoms with Gasteiger partial charge in [-0.05, 0) is 63.1 Å². The minimum atomic E-state index is -0.262. The van der Waals surface area contributed by atoms with E-state index in [4.69, 9.17) is 10.00 Å². The van der Waals surface area contributed by atoms with Crippen LogP contribution in [0.15, 0.2) is 12.1 Å². The van der Waals surface area contributed by atoms with Crippen molar-refractivity contribution < 1.29 is 9.84 Å². The number of benzene rings is 1. The SMILES string of the molecule is CC(C)(C)Oc1ccc2c(c1CCO)C(CC#N)CC2. The van der Waals surface area contributed by atoms with Gasteiger partial charge in [-0.1, -0.05) is 6.07 Å². The Morgan fingerprint density at radius 1 is 1.40 bits per heavy atom. The smallest absolute Gasteiger partial charge is 0.123 e. The zero-order valence-electron chi connectivity index (χ0n) is 12.6. The van der Waals surface area contributed by atoms with Crippen LogP contribution in [0.4, 0.5) is 0 Å². The molecule has 108 valence electrons. The fraction of sp³-hybridized carbons (Fsp3) is 0.588. The van der Waals surface area contributed by atoms with Gasteiger partial charge in [-0.25, -0.2) is 0 Å². The molecule has 1 aromatic rings. The van der Waals surface area contributed by atoms with Crippen LogP contribution in [-0.4, -0.2) is 17.3 Å². The van der Waals surface area contributed by atoms with Crippen LogP contribution in [-0.2, 0) is 12.8 Å². The van der Waals surface area contributed by atoms with Crippen LogP contribution in [0.1, 0.15) is 56.2 Å². The zero-order valence-corrected chi connectivity index (χ0v) is 12.6. The maximum atomic E-state index is 9.37. The lowest BCUT2D eigenvalue weighted by Gasteiger charge is -2.25. The number of hydrogen-bond acceptors (Lipinski definition) is 3. The quantitative estimate of drug-likeness (QED) is 0.915. The molecule has 0 aromatic heterocycles. The molecule has 3 nitrogen and oxygen atoms in total. The van der Waals surface area contributed by atoms with Gasteiger partial charge in [0.2, 0.25) is 0 Å². The van der Waals surface area contributed by atoms with Gasteiger partial charge in [-0.3, -0.25) is 0 Å². The summed E-state index contributed by atoms with van der Waals surface area (Å²) in [5, 5.41) is 18.4. The topological polar surface area (TPSA) is 53.2 Å². The van der Waals surface area contributed by atoms with E-state index in [1.54, 1.807) is 0 Å². The van der Waals surface area contributed by atoms with Crippen molar-refractivity contribution in [2.45, 2.75) is 58.0 Å². The Hall–Kier alpha value is -1.53. The van der Waals surface area contributed by atoms with E-state index in [0.29, 0.717) is 18.8 Å². The Kier molecular flexibility index (Phi) is 4.35. The van der Waals surface area contributed by atoms with Gasteiger partial charge < -0.3 is 9.84 Å². The molecular weight excluding hydrogens is 250 g/mol. The minimum absolute atomic E-state index is 0.107. The van der Waals surface area contributed by atoms with E-state index >= 15 is 0 Å². The van der Waals surface area contributed by atoms with Crippen molar-refractivity contribution in [1.29, 1.82) is 5.26 Å². The number of rotatable bonds is 4. The number of nitrogens with zero attached hydrogens (tertiary/aromatic N) is 1. The summed E-state index contributed by atoms with van der Waals surface area (Å²) in [7, 11) is 0. The number of fused-ring (bicyclic) bond motifs is 1. The van der Waals surface area contributed by atoms with Crippen molar-refractivity contribution in [1.82, 2.24) is 0 Å². The standard InChI is InChI=1S/C17H23NO2/c1-17(2,3)20-15-7-6-12-4-5-13(8-10-18)16(12)14(15)9-11-19/h6-7,13,19H,4-5,8-9,11H2,1-3H3. The number of hydrogen-bond donors (Lipinski definition) is 1. The number of aliphatic hydroxyl groups excluding tert-OH is 1. The van der Waals surface area contributed by atoms with E-state index in [0.717, 1.165) is 24.2 Å². The highest BCUT2D eigenvalue weighted by Gasteiger charge is 2.28. The second-order valence-electron chi connectivity index (χ2n) is 6.40. The Labute approximate surface area is 121 Å². The van der Waals surface area contributed by atoms with Gasteiger partial charge in [0.15, 0.2) is 0 Å². The average Bonchev–Trinajstić information content (AvgIpc) is 2.75. The summed E-state index contributed by atoms with van der Waals surface area (Å²) >= 11 is 0.